The van der Waals surface area contributed by atoms with Gasteiger partial charge in [-0.3, -0.25) is 0 Å². The lowest BCUT2D eigenvalue weighted by molar-refractivity contribution is 0.125. The highest BCUT2D eigenvalue weighted by Crippen LogP contribution is 2.63. The minimum atomic E-state index is -0.0191. The summed E-state index contributed by atoms with van der Waals surface area (Å²) in [5.74, 6) is 1.86. The van der Waals surface area contributed by atoms with Crippen LogP contribution in [0.5, 0.6) is 0 Å². The second-order valence-electron chi connectivity index (χ2n) is 20.9. The van der Waals surface area contributed by atoms with Crippen LogP contribution in [0.2, 0.25) is 0 Å². The van der Waals surface area contributed by atoms with E-state index in [1.807, 2.05) is 24.3 Å². The van der Waals surface area contributed by atoms with E-state index >= 15 is 0 Å². The van der Waals surface area contributed by atoms with Gasteiger partial charge in [0.15, 0.2) is 17.5 Å². The molecule has 0 saturated carbocycles. The number of aromatic nitrogens is 5. The normalized spacial score (nSPS) is 14.7. The molecule has 0 saturated heterocycles. The van der Waals surface area contributed by atoms with Gasteiger partial charge in [0.2, 0.25) is 0 Å². The Balaban J connectivity index is 1.00. The van der Waals surface area contributed by atoms with E-state index in [0.29, 0.717) is 17.5 Å². The molecule has 0 radical (unpaired) electrons. The van der Waals surface area contributed by atoms with Crippen molar-refractivity contribution in [2.45, 2.75) is 52.4 Å². The number of fused-ring (bicyclic) bond motifs is 8. The molecule has 71 heavy (non-hydrogen) atoms. The number of benzene rings is 9. The van der Waals surface area contributed by atoms with Gasteiger partial charge in [-0.25, -0.2) is 15.0 Å². The maximum atomic E-state index is 5.25. The van der Waals surface area contributed by atoms with Gasteiger partial charge in [-0.2, -0.15) is 0 Å². The van der Waals surface area contributed by atoms with Crippen molar-refractivity contribution in [3.63, 3.8) is 0 Å². The molecular formula is C66H53N5. The topological polar surface area (TPSA) is 48.5 Å². The molecule has 342 valence electrons. The summed E-state index contributed by atoms with van der Waals surface area (Å²) in [6, 6.07) is 76.3. The Morgan fingerprint density at radius 1 is 0.324 bits per heavy atom. The standard InChI is InChI=1S/C66H53N5/c1-64(2)55-31-19-30-50(58(55)65(3,4)66(64,5)6)43-34-36-48(37-35-43)70-56-32-15-13-28-51(56)53-38-39-54-52-29-14-16-33-57(52)71(60(54)59(53)70)49-27-18-26-47(41-49)63-68-61(44-22-11-8-12-23-44)67-62(69-63)46-25-17-24-45(40-46)42-20-9-7-10-21-42/h7-41H,1-6H3. The molecule has 5 heteroatoms. The van der Waals surface area contributed by atoms with Crippen molar-refractivity contribution in [1.29, 1.82) is 0 Å². The Kier molecular flexibility index (Phi) is 9.50. The van der Waals surface area contributed by atoms with Crippen LogP contribution in [0, 0.1) is 5.41 Å². The van der Waals surface area contributed by atoms with Crippen molar-refractivity contribution < 1.29 is 0 Å². The average Bonchev–Trinajstić information content (AvgIpc) is 3.97. The van der Waals surface area contributed by atoms with Crippen LogP contribution in [-0.4, -0.2) is 24.1 Å². The van der Waals surface area contributed by atoms with Gasteiger partial charge in [0, 0.05) is 49.6 Å². The highest BCUT2D eigenvalue weighted by molar-refractivity contribution is 6.23. The van der Waals surface area contributed by atoms with Crippen LogP contribution < -0.4 is 0 Å². The first-order chi connectivity index (χ1) is 34.5. The molecule has 13 rings (SSSR count). The van der Waals surface area contributed by atoms with Crippen molar-refractivity contribution in [3.8, 4) is 67.8 Å². The maximum absolute atomic E-state index is 5.25. The largest absolute Gasteiger partial charge is 0.307 e. The smallest absolute Gasteiger partial charge is 0.164 e. The van der Waals surface area contributed by atoms with E-state index < -0.39 is 0 Å². The predicted molar refractivity (Wildman–Crippen MR) is 296 cm³/mol. The molecule has 9 aromatic carbocycles. The van der Waals surface area contributed by atoms with Crippen LogP contribution in [0.1, 0.15) is 52.7 Å². The first-order valence-corrected chi connectivity index (χ1v) is 24.8. The molecule has 12 aromatic rings. The zero-order chi connectivity index (χ0) is 48.2. The van der Waals surface area contributed by atoms with E-state index in [0.717, 1.165) is 55.7 Å². The third kappa shape index (κ3) is 6.42. The van der Waals surface area contributed by atoms with E-state index in [-0.39, 0.29) is 16.2 Å². The monoisotopic (exact) mass is 915 g/mol. The summed E-state index contributed by atoms with van der Waals surface area (Å²) in [4.78, 5) is 15.5. The van der Waals surface area contributed by atoms with E-state index in [9.17, 15) is 0 Å². The molecule has 0 unspecified atom stereocenters. The van der Waals surface area contributed by atoms with Gasteiger partial charge in [0.25, 0.3) is 0 Å². The molecule has 0 fully saturated rings. The van der Waals surface area contributed by atoms with E-state index in [1.165, 1.54) is 49.3 Å². The molecule has 0 N–H and O–H groups in total. The van der Waals surface area contributed by atoms with Crippen LogP contribution in [0.3, 0.4) is 0 Å². The lowest BCUT2D eigenvalue weighted by Crippen LogP contribution is -2.42. The SMILES string of the molecule is CC1(C)c2cccc(-c3ccc(-n4c5ccccc5c5ccc6c7ccccc7n(-c7cccc(-c8nc(-c9ccccc9)nc(-c9cccc(-c%10ccccc%10)c9)n8)c7)c6c54)cc3)c2C(C)(C)C1(C)C. The van der Waals surface area contributed by atoms with Crippen LogP contribution in [0.15, 0.2) is 212 Å². The van der Waals surface area contributed by atoms with Crippen molar-refractivity contribution >= 4 is 43.6 Å². The molecule has 0 atom stereocenters. The Morgan fingerprint density at radius 3 is 1.42 bits per heavy atom. The average molecular weight is 916 g/mol. The molecule has 0 amide bonds. The molecule has 0 bridgehead atoms. The number of hydrogen-bond acceptors (Lipinski definition) is 3. The Bertz CT molecular complexity index is 4060. The van der Waals surface area contributed by atoms with Crippen molar-refractivity contribution in [3.05, 3.63) is 223 Å². The summed E-state index contributed by atoms with van der Waals surface area (Å²) in [6.45, 7) is 14.6. The summed E-state index contributed by atoms with van der Waals surface area (Å²) in [7, 11) is 0. The quantitative estimate of drug-likeness (QED) is 0.160. The zero-order valence-corrected chi connectivity index (χ0v) is 40.9. The van der Waals surface area contributed by atoms with Gasteiger partial charge in [0.05, 0.1) is 22.1 Å². The highest BCUT2D eigenvalue weighted by Gasteiger charge is 2.57. The van der Waals surface area contributed by atoms with Gasteiger partial charge < -0.3 is 9.13 Å². The Labute approximate surface area is 414 Å². The third-order valence-electron chi connectivity index (χ3n) is 16.7. The first-order valence-electron chi connectivity index (χ1n) is 24.8. The van der Waals surface area contributed by atoms with Crippen LogP contribution in [0.25, 0.3) is 111 Å². The van der Waals surface area contributed by atoms with Crippen LogP contribution in [-0.2, 0) is 10.8 Å². The van der Waals surface area contributed by atoms with Gasteiger partial charge in [-0.05, 0) is 92.1 Å². The van der Waals surface area contributed by atoms with E-state index in [4.69, 9.17) is 15.0 Å². The maximum Gasteiger partial charge on any atom is 0.164 e. The number of para-hydroxylation sites is 2. The fourth-order valence-corrected chi connectivity index (χ4v) is 11.8. The van der Waals surface area contributed by atoms with Gasteiger partial charge >= 0.3 is 0 Å². The summed E-state index contributed by atoms with van der Waals surface area (Å²) in [5, 5.41) is 4.81. The molecule has 3 heterocycles. The number of nitrogens with zero attached hydrogens (tertiary/aromatic N) is 5. The summed E-state index contributed by atoms with van der Waals surface area (Å²) in [6.07, 6.45) is 0. The predicted octanol–water partition coefficient (Wildman–Crippen LogP) is 17.0. The fourth-order valence-electron chi connectivity index (χ4n) is 11.8. The van der Waals surface area contributed by atoms with Crippen molar-refractivity contribution in [1.82, 2.24) is 24.1 Å². The first kappa shape index (κ1) is 42.7. The number of rotatable bonds is 7. The molecule has 1 aliphatic carbocycles. The minimum absolute atomic E-state index is 0.0191. The Hall–Kier alpha value is -8.41. The van der Waals surface area contributed by atoms with Crippen LogP contribution >= 0.6 is 0 Å². The summed E-state index contributed by atoms with van der Waals surface area (Å²) >= 11 is 0. The Morgan fingerprint density at radius 2 is 0.803 bits per heavy atom. The highest BCUT2D eigenvalue weighted by atomic mass is 15.1. The van der Waals surface area contributed by atoms with Crippen molar-refractivity contribution in [2.75, 3.05) is 0 Å². The van der Waals surface area contributed by atoms with Gasteiger partial charge in [0.1, 0.15) is 0 Å². The second-order valence-corrected chi connectivity index (χ2v) is 20.9. The summed E-state index contributed by atoms with van der Waals surface area (Å²) in [5.41, 5.74) is 17.3. The zero-order valence-electron chi connectivity index (χ0n) is 40.9. The molecular weight excluding hydrogens is 863 g/mol. The minimum Gasteiger partial charge on any atom is -0.307 e. The van der Waals surface area contributed by atoms with Crippen molar-refractivity contribution in [2.24, 2.45) is 5.41 Å². The lowest BCUT2D eigenvalue weighted by Gasteiger charge is -2.44. The number of hydrogen-bond donors (Lipinski definition) is 0. The molecule has 0 spiro atoms. The summed E-state index contributed by atoms with van der Waals surface area (Å²) < 4.78 is 4.93. The van der Waals surface area contributed by atoms with E-state index in [1.54, 1.807) is 0 Å². The van der Waals surface area contributed by atoms with Gasteiger partial charge in [-0.1, -0.05) is 211 Å². The molecule has 0 aliphatic heterocycles. The van der Waals surface area contributed by atoms with Crippen LogP contribution in [0.4, 0.5) is 0 Å². The fraction of sp³-hybridized carbons (Fsp3) is 0.136. The second kappa shape index (κ2) is 15.8. The molecule has 5 nitrogen and oxygen atoms in total. The molecule has 3 aromatic heterocycles. The lowest BCUT2D eigenvalue weighted by atomic mass is 9.59. The molecule has 1 aliphatic rings. The third-order valence-corrected chi connectivity index (χ3v) is 16.7. The van der Waals surface area contributed by atoms with Gasteiger partial charge in [-0.15, -0.1) is 0 Å². The van der Waals surface area contributed by atoms with E-state index in [2.05, 4.69) is 239 Å².